The first-order chi connectivity index (χ1) is 8.61. The number of aryl methyl sites for hydroxylation is 1. The number of hydrogen-bond donors (Lipinski definition) is 0. The highest BCUT2D eigenvalue weighted by Crippen LogP contribution is 2.34. The third-order valence-corrected chi connectivity index (χ3v) is 4.54. The van der Waals surface area contributed by atoms with E-state index < -0.39 is 0 Å². The van der Waals surface area contributed by atoms with E-state index in [4.69, 9.17) is 0 Å². The average molecular weight is 245 g/mol. The Labute approximate surface area is 112 Å². The largest absolute Gasteiger partial charge is 0.377 e. The van der Waals surface area contributed by atoms with Gasteiger partial charge in [-0.25, -0.2) is 0 Å². The monoisotopic (exact) mass is 245 g/mol. The molecular formula is C17H27N. The van der Waals surface area contributed by atoms with E-state index in [-0.39, 0.29) is 0 Å². The summed E-state index contributed by atoms with van der Waals surface area (Å²) in [5.74, 6) is 1.84. The van der Waals surface area contributed by atoms with Gasteiger partial charge in [-0.15, -0.1) is 0 Å². The molecule has 1 heteroatoms. The SMILES string of the molecule is CCc1cc(CC2CCCC2C)ccc1N(C)C. The van der Waals surface area contributed by atoms with E-state index in [1.807, 2.05) is 0 Å². The van der Waals surface area contributed by atoms with Gasteiger partial charge in [-0.05, 0) is 48.3 Å². The predicted molar refractivity (Wildman–Crippen MR) is 80.4 cm³/mol. The highest BCUT2D eigenvalue weighted by molar-refractivity contribution is 5.54. The van der Waals surface area contributed by atoms with E-state index >= 15 is 0 Å². The van der Waals surface area contributed by atoms with Crippen LogP contribution in [0, 0.1) is 11.8 Å². The van der Waals surface area contributed by atoms with Crippen molar-refractivity contribution in [1.82, 2.24) is 0 Å². The Bertz CT molecular complexity index is 395. The van der Waals surface area contributed by atoms with Crippen LogP contribution in [0.5, 0.6) is 0 Å². The Balaban J connectivity index is 2.14. The van der Waals surface area contributed by atoms with E-state index in [1.54, 1.807) is 0 Å². The van der Waals surface area contributed by atoms with Gasteiger partial charge in [0.05, 0.1) is 0 Å². The van der Waals surface area contributed by atoms with Crippen molar-refractivity contribution in [2.24, 2.45) is 11.8 Å². The highest BCUT2D eigenvalue weighted by Gasteiger charge is 2.23. The van der Waals surface area contributed by atoms with Crippen molar-refractivity contribution in [2.75, 3.05) is 19.0 Å². The summed E-state index contributed by atoms with van der Waals surface area (Å²) in [6.45, 7) is 4.68. The van der Waals surface area contributed by atoms with Crippen LogP contribution in [0.25, 0.3) is 0 Å². The summed E-state index contributed by atoms with van der Waals surface area (Å²) in [7, 11) is 4.26. The van der Waals surface area contributed by atoms with E-state index in [0.29, 0.717) is 0 Å². The normalized spacial score (nSPS) is 23.3. The van der Waals surface area contributed by atoms with Crippen LogP contribution in [0.2, 0.25) is 0 Å². The molecule has 1 aliphatic rings. The Morgan fingerprint density at radius 3 is 2.56 bits per heavy atom. The third-order valence-electron chi connectivity index (χ3n) is 4.54. The van der Waals surface area contributed by atoms with Crippen LogP contribution >= 0.6 is 0 Å². The van der Waals surface area contributed by atoms with Gasteiger partial charge >= 0.3 is 0 Å². The van der Waals surface area contributed by atoms with Crippen LogP contribution in [-0.2, 0) is 12.8 Å². The quantitative estimate of drug-likeness (QED) is 0.764. The molecule has 1 aromatic carbocycles. The van der Waals surface area contributed by atoms with Gasteiger partial charge in [0.1, 0.15) is 0 Å². The summed E-state index contributed by atoms with van der Waals surface area (Å²) < 4.78 is 0. The first-order valence-corrected chi connectivity index (χ1v) is 7.41. The van der Waals surface area contributed by atoms with Crippen molar-refractivity contribution in [2.45, 2.75) is 46.0 Å². The van der Waals surface area contributed by atoms with Crippen LogP contribution in [0.15, 0.2) is 18.2 Å². The van der Waals surface area contributed by atoms with E-state index in [1.165, 1.54) is 42.5 Å². The number of hydrogen-bond acceptors (Lipinski definition) is 1. The van der Waals surface area contributed by atoms with Crippen LogP contribution < -0.4 is 4.90 Å². The van der Waals surface area contributed by atoms with Gasteiger partial charge in [0, 0.05) is 19.8 Å². The molecule has 1 aliphatic carbocycles. The molecular weight excluding hydrogens is 218 g/mol. The van der Waals surface area contributed by atoms with Crippen LogP contribution in [0.4, 0.5) is 5.69 Å². The van der Waals surface area contributed by atoms with Crippen molar-refractivity contribution in [3.63, 3.8) is 0 Å². The van der Waals surface area contributed by atoms with Crippen molar-refractivity contribution in [1.29, 1.82) is 0 Å². The average Bonchev–Trinajstić information content (AvgIpc) is 2.74. The highest BCUT2D eigenvalue weighted by atomic mass is 15.1. The zero-order valence-corrected chi connectivity index (χ0v) is 12.4. The molecule has 0 heterocycles. The lowest BCUT2D eigenvalue weighted by molar-refractivity contribution is 0.417. The van der Waals surface area contributed by atoms with Gasteiger partial charge in [-0.1, -0.05) is 38.8 Å². The minimum atomic E-state index is 0.917. The molecule has 0 saturated heterocycles. The molecule has 2 atom stereocenters. The molecule has 0 radical (unpaired) electrons. The minimum Gasteiger partial charge on any atom is -0.377 e. The maximum Gasteiger partial charge on any atom is 0.0393 e. The van der Waals surface area contributed by atoms with Crippen LogP contribution in [-0.4, -0.2) is 14.1 Å². The first-order valence-electron chi connectivity index (χ1n) is 7.41. The second kappa shape index (κ2) is 5.77. The van der Waals surface area contributed by atoms with Crippen LogP contribution in [0.3, 0.4) is 0 Å². The van der Waals surface area contributed by atoms with Gasteiger partial charge < -0.3 is 4.90 Å². The molecule has 1 saturated carbocycles. The third kappa shape index (κ3) is 2.88. The minimum absolute atomic E-state index is 0.917. The summed E-state index contributed by atoms with van der Waals surface area (Å²) in [5.41, 5.74) is 4.40. The summed E-state index contributed by atoms with van der Waals surface area (Å²) in [6.07, 6.45) is 6.70. The van der Waals surface area contributed by atoms with E-state index in [0.717, 1.165) is 18.3 Å². The fraction of sp³-hybridized carbons (Fsp3) is 0.647. The van der Waals surface area contributed by atoms with E-state index in [9.17, 15) is 0 Å². The summed E-state index contributed by atoms with van der Waals surface area (Å²) in [4.78, 5) is 2.22. The number of nitrogens with zero attached hydrogens (tertiary/aromatic N) is 1. The lowest BCUT2D eigenvalue weighted by atomic mass is 9.90. The molecule has 100 valence electrons. The molecule has 0 aliphatic heterocycles. The molecule has 18 heavy (non-hydrogen) atoms. The fourth-order valence-corrected chi connectivity index (χ4v) is 3.31. The number of rotatable bonds is 4. The Hall–Kier alpha value is -0.980. The molecule has 0 amide bonds. The van der Waals surface area contributed by atoms with Crippen molar-refractivity contribution in [3.05, 3.63) is 29.3 Å². The predicted octanol–water partition coefficient (Wildman–Crippen LogP) is 4.29. The van der Waals surface area contributed by atoms with Gasteiger partial charge in [0.2, 0.25) is 0 Å². The molecule has 1 aromatic rings. The maximum atomic E-state index is 2.43. The first kappa shape index (κ1) is 13.5. The number of benzene rings is 1. The molecule has 2 rings (SSSR count). The maximum absolute atomic E-state index is 2.43. The molecule has 1 fully saturated rings. The fourth-order valence-electron chi connectivity index (χ4n) is 3.31. The molecule has 0 bridgehead atoms. The smallest absolute Gasteiger partial charge is 0.0393 e. The summed E-state index contributed by atoms with van der Waals surface area (Å²) >= 11 is 0. The topological polar surface area (TPSA) is 3.24 Å². The summed E-state index contributed by atoms with van der Waals surface area (Å²) in [6, 6.07) is 7.06. The Morgan fingerprint density at radius 2 is 2.00 bits per heavy atom. The molecule has 2 unspecified atom stereocenters. The van der Waals surface area contributed by atoms with Crippen LogP contribution in [0.1, 0.15) is 44.2 Å². The van der Waals surface area contributed by atoms with Crippen molar-refractivity contribution >= 4 is 5.69 Å². The lowest BCUT2D eigenvalue weighted by Crippen LogP contribution is -2.12. The molecule has 0 aromatic heterocycles. The number of anilines is 1. The molecule has 0 spiro atoms. The van der Waals surface area contributed by atoms with Crippen molar-refractivity contribution in [3.8, 4) is 0 Å². The standard InChI is InChI=1S/C17H27N/c1-5-15-11-14(9-10-17(15)18(3)4)12-16-8-6-7-13(16)2/h9-11,13,16H,5-8,12H2,1-4H3. The Morgan fingerprint density at radius 1 is 1.22 bits per heavy atom. The van der Waals surface area contributed by atoms with Crippen molar-refractivity contribution < 1.29 is 0 Å². The summed E-state index contributed by atoms with van der Waals surface area (Å²) in [5, 5.41) is 0. The molecule has 0 N–H and O–H groups in total. The zero-order valence-electron chi connectivity index (χ0n) is 12.4. The van der Waals surface area contributed by atoms with Gasteiger partial charge in [-0.3, -0.25) is 0 Å². The van der Waals surface area contributed by atoms with E-state index in [2.05, 4.69) is 51.0 Å². The van der Waals surface area contributed by atoms with Gasteiger partial charge in [0.15, 0.2) is 0 Å². The Kier molecular flexibility index (Phi) is 4.31. The molecule has 1 nitrogen and oxygen atoms in total. The zero-order chi connectivity index (χ0) is 13.1. The second-order valence-corrected chi connectivity index (χ2v) is 6.08. The van der Waals surface area contributed by atoms with Gasteiger partial charge in [-0.2, -0.15) is 0 Å². The second-order valence-electron chi connectivity index (χ2n) is 6.08. The van der Waals surface area contributed by atoms with Gasteiger partial charge in [0.25, 0.3) is 0 Å². The lowest BCUT2D eigenvalue weighted by Gasteiger charge is -2.20.